The van der Waals surface area contributed by atoms with Crippen molar-refractivity contribution in [2.75, 3.05) is 56.6 Å². The first-order valence-corrected chi connectivity index (χ1v) is 14.8. The van der Waals surface area contributed by atoms with Crippen LogP contribution in [0.25, 0.3) is 10.6 Å². The maximum Gasteiger partial charge on any atom is 0.259 e. The number of unbranched alkanes of at least 4 members (excludes halogenated alkanes) is 1. The average Bonchev–Trinajstić information content (AvgIpc) is 3.49. The highest BCUT2D eigenvalue weighted by Crippen LogP contribution is 2.37. The lowest BCUT2D eigenvalue weighted by atomic mass is 10.2. The number of halogens is 2. The first kappa shape index (κ1) is 28.7. The third kappa shape index (κ3) is 7.02. The number of thiophene rings is 1. The van der Waals surface area contributed by atoms with Gasteiger partial charge in [-0.15, -0.1) is 11.3 Å². The highest BCUT2D eigenvalue weighted by atomic mass is 35.5. The lowest BCUT2D eigenvalue weighted by molar-refractivity contribution is -0.131. The van der Waals surface area contributed by atoms with E-state index in [2.05, 4.69) is 29.2 Å². The zero-order valence-electron chi connectivity index (χ0n) is 21.2. The number of piperazine rings is 1. The van der Waals surface area contributed by atoms with Crippen LogP contribution in [0.1, 0.15) is 35.0 Å². The number of aliphatic hydroxyl groups is 1. The molecule has 0 atom stereocenters. The molecule has 3 aromatic rings. The standard InChI is InChI=1S/C25H30Cl2N6O3S2/c1-3-4-5-31(2)13-20-22(19-11-17(26)15-37-19)29-25(38-20)30-24(36)16-10-18(27)23(28-12-16)33-7-6-32(8-9-34)21(35)14-33/h10-12,15,34H,3-9,13-14H2,1-2H3,(H,29,30,36). The number of hydrogen-bond acceptors (Lipinski definition) is 9. The van der Waals surface area contributed by atoms with Crippen LogP contribution in [0.15, 0.2) is 23.7 Å². The van der Waals surface area contributed by atoms with E-state index in [1.807, 2.05) is 11.4 Å². The molecule has 0 spiro atoms. The molecule has 38 heavy (non-hydrogen) atoms. The summed E-state index contributed by atoms with van der Waals surface area (Å²) in [6, 6.07) is 3.44. The van der Waals surface area contributed by atoms with Crippen LogP contribution in [0.3, 0.4) is 0 Å². The second kappa shape index (κ2) is 13.2. The molecule has 204 valence electrons. The van der Waals surface area contributed by atoms with E-state index in [0.29, 0.717) is 47.7 Å². The second-order valence-electron chi connectivity index (χ2n) is 9.02. The van der Waals surface area contributed by atoms with Crippen molar-refractivity contribution in [3.05, 3.63) is 44.2 Å². The minimum atomic E-state index is -0.370. The zero-order chi connectivity index (χ0) is 27.2. The van der Waals surface area contributed by atoms with E-state index >= 15 is 0 Å². The Labute approximate surface area is 240 Å². The Kier molecular flexibility index (Phi) is 9.97. The highest BCUT2D eigenvalue weighted by Gasteiger charge is 2.26. The van der Waals surface area contributed by atoms with E-state index in [0.717, 1.165) is 34.8 Å². The molecule has 0 unspecified atom stereocenters. The number of anilines is 2. The van der Waals surface area contributed by atoms with Crippen molar-refractivity contribution < 1.29 is 14.7 Å². The van der Waals surface area contributed by atoms with Gasteiger partial charge in [0.25, 0.3) is 5.91 Å². The third-order valence-electron chi connectivity index (χ3n) is 6.10. The van der Waals surface area contributed by atoms with Gasteiger partial charge in [-0.05, 0) is 32.1 Å². The molecule has 1 saturated heterocycles. The topological polar surface area (TPSA) is 102 Å². The Morgan fingerprint density at radius 1 is 1.29 bits per heavy atom. The fourth-order valence-electron chi connectivity index (χ4n) is 4.10. The summed E-state index contributed by atoms with van der Waals surface area (Å²) in [4.78, 5) is 42.2. The molecule has 0 aromatic carbocycles. The number of aliphatic hydroxyl groups excluding tert-OH is 1. The summed E-state index contributed by atoms with van der Waals surface area (Å²) in [7, 11) is 2.08. The predicted molar refractivity (Wildman–Crippen MR) is 155 cm³/mol. The molecule has 1 aliphatic heterocycles. The summed E-state index contributed by atoms with van der Waals surface area (Å²) in [5.41, 5.74) is 1.11. The van der Waals surface area contributed by atoms with Crippen LogP contribution in [-0.4, -0.2) is 83.1 Å². The molecule has 0 bridgehead atoms. The normalized spacial score (nSPS) is 14.0. The number of aromatic nitrogens is 2. The number of rotatable bonds is 11. The maximum absolute atomic E-state index is 13.1. The predicted octanol–water partition coefficient (Wildman–Crippen LogP) is 4.70. The van der Waals surface area contributed by atoms with Gasteiger partial charge in [0.2, 0.25) is 5.91 Å². The van der Waals surface area contributed by atoms with Crippen molar-refractivity contribution in [3.8, 4) is 10.6 Å². The van der Waals surface area contributed by atoms with Gasteiger partial charge < -0.3 is 19.8 Å². The zero-order valence-corrected chi connectivity index (χ0v) is 24.4. The molecular weight excluding hydrogens is 567 g/mol. The summed E-state index contributed by atoms with van der Waals surface area (Å²) in [6.07, 6.45) is 3.68. The van der Waals surface area contributed by atoms with E-state index in [4.69, 9.17) is 33.3 Å². The van der Waals surface area contributed by atoms with Crippen molar-refractivity contribution >= 4 is 68.6 Å². The number of amides is 2. The SMILES string of the molecule is CCCCN(C)Cc1sc(NC(=O)c2cnc(N3CCN(CCO)C(=O)C3)c(Cl)c2)nc1-c1cc(Cl)cs1. The number of nitrogens with zero attached hydrogens (tertiary/aromatic N) is 5. The van der Waals surface area contributed by atoms with Gasteiger partial charge in [-0.2, -0.15) is 0 Å². The second-order valence-corrected chi connectivity index (χ2v) is 11.9. The first-order chi connectivity index (χ1) is 18.3. The molecule has 0 aliphatic carbocycles. The summed E-state index contributed by atoms with van der Waals surface area (Å²) in [6.45, 7) is 5.20. The lowest BCUT2D eigenvalue weighted by Crippen LogP contribution is -2.51. The molecule has 9 nitrogen and oxygen atoms in total. The quantitative estimate of drug-likeness (QED) is 0.331. The summed E-state index contributed by atoms with van der Waals surface area (Å²) < 4.78 is 0. The van der Waals surface area contributed by atoms with E-state index in [9.17, 15) is 9.59 Å². The minimum Gasteiger partial charge on any atom is -0.395 e. The molecule has 13 heteroatoms. The summed E-state index contributed by atoms with van der Waals surface area (Å²) in [5, 5.41) is 15.3. The fourth-order valence-corrected chi connectivity index (χ4v) is 6.59. The van der Waals surface area contributed by atoms with E-state index < -0.39 is 0 Å². The number of nitrogens with one attached hydrogen (secondary N) is 1. The average molecular weight is 598 g/mol. The van der Waals surface area contributed by atoms with Gasteiger partial charge in [-0.1, -0.05) is 47.9 Å². The molecule has 0 saturated carbocycles. The maximum atomic E-state index is 13.1. The smallest absolute Gasteiger partial charge is 0.259 e. The molecule has 1 aliphatic rings. The number of pyridine rings is 1. The Morgan fingerprint density at radius 2 is 2.11 bits per heavy atom. The van der Waals surface area contributed by atoms with E-state index in [-0.39, 0.29) is 30.0 Å². The van der Waals surface area contributed by atoms with Crippen molar-refractivity contribution in [1.82, 2.24) is 19.8 Å². The minimum absolute atomic E-state index is 0.0761. The van der Waals surface area contributed by atoms with Crippen LogP contribution in [0, 0.1) is 0 Å². The van der Waals surface area contributed by atoms with Gasteiger partial charge in [0.1, 0.15) is 5.82 Å². The number of thiazole rings is 1. The van der Waals surface area contributed by atoms with Gasteiger partial charge in [0, 0.05) is 42.6 Å². The Morgan fingerprint density at radius 3 is 2.76 bits per heavy atom. The monoisotopic (exact) mass is 596 g/mol. The molecule has 1 fully saturated rings. The molecule has 0 radical (unpaired) electrons. The summed E-state index contributed by atoms with van der Waals surface area (Å²) >= 11 is 15.6. The molecule has 3 aromatic heterocycles. The molecule has 4 rings (SSSR count). The number of carbonyl (C=O) groups excluding carboxylic acids is 2. The molecule has 2 amide bonds. The van der Waals surface area contributed by atoms with Gasteiger partial charge in [-0.25, -0.2) is 9.97 Å². The van der Waals surface area contributed by atoms with Crippen LogP contribution in [0.2, 0.25) is 10.0 Å². The van der Waals surface area contributed by atoms with Crippen LogP contribution >= 0.6 is 45.9 Å². The van der Waals surface area contributed by atoms with Crippen molar-refractivity contribution in [2.24, 2.45) is 0 Å². The Bertz CT molecular complexity index is 1280. The van der Waals surface area contributed by atoms with Crippen LogP contribution < -0.4 is 10.2 Å². The van der Waals surface area contributed by atoms with Crippen LogP contribution in [-0.2, 0) is 11.3 Å². The van der Waals surface area contributed by atoms with Gasteiger partial charge in [-0.3, -0.25) is 14.9 Å². The van der Waals surface area contributed by atoms with Crippen LogP contribution in [0.4, 0.5) is 10.9 Å². The number of carbonyl (C=O) groups is 2. The number of β-amino-alcohol motifs (C(OH)–C–C–N with tert-alkyl or cyclic N) is 1. The largest absolute Gasteiger partial charge is 0.395 e. The number of hydrogen-bond donors (Lipinski definition) is 2. The van der Waals surface area contributed by atoms with Crippen molar-refractivity contribution in [1.29, 1.82) is 0 Å². The van der Waals surface area contributed by atoms with Gasteiger partial charge in [0.05, 0.1) is 39.3 Å². The molecular formula is C25H30Cl2N6O3S2. The Balaban J connectivity index is 1.48. The van der Waals surface area contributed by atoms with Crippen molar-refractivity contribution in [3.63, 3.8) is 0 Å². The summed E-state index contributed by atoms with van der Waals surface area (Å²) in [5.74, 6) is -0.0263. The fraction of sp³-hybridized carbons (Fsp3) is 0.440. The van der Waals surface area contributed by atoms with E-state index in [1.54, 1.807) is 15.9 Å². The molecule has 2 N–H and O–H groups in total. The first-order valence-electron chi connectivity index (χ1n) is 12.3. The molecule has 4 heterocycles. The van der Waals surface area contributed by atoms with E-state index in [1.165, 1.54) is 28.9 Å². The Hall–Kier alpha value is -2.28. The van der Waals surface area contributed by atoms with Gasteiger partial charge in [0.15, 0.2) is 5.13 Å². The third-order valence-corrected chi connectivity index (χ3v) is 8.62. The van der Waals surface area contributed by atoms with Gasteiger partial charge >= 0.3 is 0 Å². The van der Waals surface area contributed by atoms with Crippen molar-refractivity contribution in [2.45, 2.75) is 26.3 Å². The van der Waals surface area contributed by atoms with Crippen LogP contribution in [0.5, 0.6) is 0 Å². The lowest BCUT2D eigenvalue weighted by Gasteiger charge is -2.35. The highest BCUT2D eigenvalue weighted by molar-refractivity contribution is 7.17.